The van der Waals surface area contributed by atoms with Crippen molar-refractivity contribution in [1.82, 2.24) is 10.2 Å². The third-order valence-electron chi connectivity index (χ3n) is 2.78. The second kappa shape index (κ2) is 4.39. The van der Waals surface area contributed by atoms with Crippen molar-refractivity contribution in [3.05, 3.63) is 57.6 Å². The summed E-state index contributed by atoms with van der Waals surface area (Å²) in [6.07, 6.45) is 11.1. The second-order valence-corrected chi connectivity index (χ2v) is 4.20. The second-order valence-electron chi connectivity index (χ2n) is 4.20. The Morgan fingerprint density at radius 2 is 2.12 bits per heavy atom. The van der Waals surface area contributed by atoms with E-state index in [1.54, 1.807) is 0 Å². The summed E-state index contributed by atoms with van der Waals surface area (Å²) in [5.41, 5.74) is 2.91. The van der Waals surface area contributed by atoms with E-state index in [1.807, 2.05) is 19.1 Å². The van der Waals surface area contributed by atoms with Gasteiger partial charge in [0.2, 0.25) is 0 Å². The summed E-state index contributed by atoms with van der Waals surface area (Å²) in [6, 6.07) is 0. The Hall–Kier alpha value is -1.77. The lowest BCUT2D eigenvalue weighted by atomic mass is 10.0. The summed E-state index contributed by atoms with van der Waals surface area (Å²) in [5, 5.41) is 5.45. The smallest absolute Gasteiger partial charge is 0.267 e. The predicted octanol–water partition coefficient (Wildman–Crippen LogP) is 2.24. The van der Waals surface area contributed by atoms with E-state index in [2.05, 4.69) is 35.3 Å². The van der Waals surface area contributed by atoms with Crippen molar-refractivity contribution in [2.24, 2.45) is 5.92 Å². The Balaban J connectivity index is 2.26. The molecule has 1 aliphatic rings. The van der Waals surface area contributed by atoms with Crippen LogP contribution in [0.25, 0.3) is 0 Å². The highest BCUT2D eigenvalue weighted by Crippen LogP contribution is 2.15. The molecule has 3 nitrogen and oxygen atoms in total. The maximum Gasteiger partial charge on any atom is 0.267 e. The van der Waals surface area contributed by atoms with Gasteiger partial charge >= 0.3 is 0 Å². The van der Waals surface area contributed by atoms with E-state index in [0.29, 0.717) is 12.3 Å². The average Bonchev–Trinajstić information content (AvgIpc) is 2.47. The van der Waals surface area contributed by atoms with Crippen molar-refractivity contribution in [1.29, 1.82) is 0 Å². The molecule has 0 aliphatic heterocycles. The van der Waals surface area contributed by atoms with E-state index in [9.17, 15) is 4.79 Å². The Bertz CT molecular complexity index is 514. The number of H-pyrrole nitrogens is 2. The molecule has 0 radical (unpaired) electrons. The molecule has 0 aromatic carbocycles. The van der Waals surface area contributed by atoms with Crippen molar-refractivity contribution >= 4 is 0 Å². The number of hydrogen-bond acceptors (Lipinski definition) is 1. The number of aromatic amines is 2. The Morgan fingerprint density at radius 3 is 2.81 bits per heavy atom. The van der Waals surface area contributed by atoms with Gasteiger partial charge in [-0.05, 0) is 18.4 Å². The molecule has 1 unspecified atom stereocenters. The Kier molecular flexibility index (Phi) is 2.95. The summed E-state index contributed by atoms with van der Waals surface area (Å²) in [4.78, 5) is 11.5. The van der Waals surface area contributed by atoms with E-state index in [4.69, 9.17) is 0 Å². The zero-order chi connectivity index (χ0) is 11.5. The first kappa shape index (κ1) is 10.7. The monoisotopic (exact) mass is 216 g/mol. The molecule has 0 fully saturated rings. The molecule has 3 heteroatoms. The minimum atomic E-state index is -0.0170. The molecule has 1 heterocycles. The van der Waals surface area contributed by atoms with Crippen LogP contribution in [0.2, 0.25) is 0 Å². The summed E-state index contributed by atoms with van der Waals surface area (Å²) < 4.78 is 0. The first-order chi connectivity index (χ1) is 7.66. The third kappa shape index (κ3) is 2.24. The molecular formula is C13H16N2O. The number of nitrogens with one attached hydrogen (secondary N) is 2. The van der Waals surface area contributed by atoms with Gasteiger partial charge in [0.05, 0.1) is 0 Å². The first-order valence-corrected chi connectivity index (χ1v) is 5.48. The normalized spacial score (nSPS) is 19.6. The molecule has 16 heavy (non-hydrogen) atoms. The van der Waals surface area contributed by atoms with Crippen molar-refractivity contribution in [2.45, 2.75) is 20.3 Å². The average molecular weight is 216 g/mol. The van der Waals surface area contributed by atoms with Gasteiger partial charge in [0.15, 0.2) is 0 Å². The molecular weight excluding hydrogens is 200 g/mol. The van der Waals surface area contributed by atoms with Crippen molar-refractivity contribution in [3.63, 3.8) is 0 Å². The lowest BCUT2D eigenvalue weighted by Crippen LogP contribution is -2.07. The van der Waals surface area contributed by atoms with E-state index < -0.39 is 0 Å². The van der Waals surface area contributed by atoms with Crippen LogP contribution in [-0.4, -0.2) is 10.2 Å². The summed E-state index contributed by atoms with van der Waals surface area (Å²) in [6.45, 7) is 4.05. The highest BCUT2D eigenvalue weighted by atomic mass is 16.1. The van der Waals surface area contributed by atoms with Crippen molar-refractivity contribution in [3.8, 4) is 0 Å². The fourth-order valence-electron chi connectivity index (χ4n) is 1.87. The van der Waals surface area contributed by atoms with E-state index >= 15 is 0 Å². The molecule has 84 valence electrons. The van der Waals surface area contributed by atoms with Crippen LogP contribution < -0.4 is 5.56 Å². The Morgan fingerprint density at radius 1 is 1.31 bits per heavy atom. The van der Waals surface area contributed by atoms with Gasteiger partial charge in [0.1, 0.15) is 0 Å². The minimum Gasteiger partial charge on any atom is -0.302 e. The van der Waals surface area contributed by atoms with Crippen molar-refractivity contribution < 1.29 is 0 Å². The molecule has 2 N–H and O–H groups in total. The fraction of sp³-hybridized carbons (Fsp3) is 0.308. The van der Waals surface area contributed by atoms with Gasteiger partial charge in [-0.1, -0.05) is 37.3 Å². The minimum absolute atomic E-state index is 0.0170. The predicted molar refractivity (Wildman–Crippen MR) is 65.4 cm³/mol. The summed E-state index contributed by atoms with van der Waals surface area (Å²) >= 11 is 0. The zero-order valence-electron chi connectivity index (χ0n) is 9.58. The largest absolute Gasteiger partial charge is 0.302 e. The number of rotatable bonds is 2. The maximum absolute atomic E-state index is 11.5. The number of hydrogen-bond donors (Lipinski definition) is 2. The topological polar surface area (TPSA) is 48.6 Å². The van der Waals surface area contributed by atoms with Crippen LogP contribution in [0, 0.1) is 12.8 Å². The quantitative estimate of drug-likeness (QED) is 0.782. The molecule has 0 saturated carbocycles. The van der Waals surface area contributed by atoms with E-state index in [0.717, 1.165) is 11.3 Å². The van der Waals surface area contributed by atoms with Gasteiger partial charge in [-0.15, -0.1) is 0 Å². The maximum atomic E-state index is 11.5. The third-order valence-corrected chi connectivity index (χ3v) is 2.78. The van der Waals surface area contributed by atoms with Gasteiger partial charge in [0.25, 0.3) is 5.56 Å². The highest BCUT2D eigenvalue weighted by Gasteiger charge is 2.08. The highest BCUT2D eigenvalue weighted by molar-refractivity contribution is 5.33. The molecule has 0 amide bonds. The van der Waals surface area contributed by atoms with Gasteiger partial charge in [-0.3, -0.25) is 9.89 Å². The number of aromatic nitrogens is 2. The van der Waals surface area contributed by atoms with Gasteiger partial charge < -0.3 is 5.10 Å². The molecule has 1 aliphatic carbocycles. The molecule has 0 saturated heterocycles. The Labute approximate surface area is 94.6 Å². The standard InChI is InChI=1S/C13H16N2O/c1-9-5-3-4-6-11(7-9)8-12-10(2)14-15-13(12)16/h3-7,9H,8H2,1-2H3,(H2,14,15,16). The van der Waals surface area contributed by atoms with E-state index in [1.165, 1.54) is 5.57 Å². The van der Waals surface area contributed by atoms with Crippen LogP contribution in [0.1, 0.15) is 18.2 Å². The van der Waals surface area contributed by atoms with Gasteiger partial charge in [-0.2, -0.15) is 0 Å². The molecule has 1 atom stereocenters. The van der Waals surface area contributed by atoms with Crippen LogP contribution in [-0.2, 0) is 6.42 Å². The fourth-order valence-corrected chi connectivity index (χ4v) is 1.87. The lowest BCUT2D eigenvalue weighted by molar-refractivity contribution is 0.924. The van der Waals surface area contributed by atoms with Crippen LogP contribution in [0.3, 0.4) is 0 Å². The summed E-state index contributed by atoms with van der Waals surface area (Å²) in [5.74, 6) is 0.420. The molecule has 0 spiro atoms. The van der Waals surface area contributed by atoms with Crippen LogP contribution >= 0.6 is 0 Å². The van der Waals surface area contributed by atoms with E-state index in [-0.39, 0.29) is 5.56 Å². The number of aryl methyl sites for hydroxylation is 1. The first-order valence-electron chi connectivity index (χ1n) is 5.48. The molecule has 0 bridgehead atoms. The molecule has 1 aromatic rings. The zero-order valence-corrected chi connectivity index (χ0v) is 9.58. The van der Waals surface area contributed by atoms with Crippen LogP contribution in [0.5, 0.6) is 0 Å². The molecule has 2 rings (SSSR count). The molecule has 1 aromatic heterocycles. The van der Waals surface area contributed by atoms with Gasteiger partial charge in [0, 0.05) is 17.7 Å². The van der Waals surface area contributed by atoms with Crippen LogP contribution in [0.4, 0.5) is 0 Å². The van der Waals surface area contributed by atoms with Crippen LogP contribution in [0.15, 0.2) is 40.7 Å². The number of allylic oxidation sites excluding steroid dienone is 6. The summed E-state index contributed by atoms with van der Waals surface area (Å²) in [7, 11) is 0. The lowest BCUT2D eigenvalue weighted by Gasteiger charge is -2.02. The van der Waals surface area contributed by atoms with Gasteiger partial charge in [-0.25, -0.2) is 0 Å². The van der Waals surface area contributed by atoms with Crippen molar-refractivity contribution in [2.75, 3.05) is 0 Å². The SMILES string of the molecule is Cc1[nH][nH]c(=O)c1CC1=CC(C)C=CC=C1.